The number of nitrogens with zero attached hydrogens (tertiary/aromatic N) is 2. The van der Waals surface area contributed by atoms with Gasteiger partial charge in [-0.1, -0.05) is 0 Å². The third-order valence-electron chi connectivity index (χ3n) is 2.81. The Morgan fingerprint density at radius 1 is 1.44 bits per heavy atom. The summed E-state index contributed by atoms with van der Waals surface area (Å²) < 4.78 is 6.96. The van der Waals surface area contributed by atoms with Gasteiger partial charge < -0.3 is 19.7 Å². The lowest BCUT2D eigenvalue weighted by Gasteiger charge is -2.15. The lowest BCUT2D eigenvalue weighted by atomic mass is 10.2. The van der Waals surface area contributed by atoms with E-state index in [-0.39, 0.29) is 11.8 Å². The van der Waals surface area contributed by atoms with E-state index in [1.807, 2.05) is 30.8 Å². The van der Waals surface area contributed by atoms with Crippen LogP contribution in [-0.4, -0.2) is 21.8 Å². The van der Waals surface area contributed by atoms with Gasteiger partial charge in [-0.2, -0.15) is 0 Å². The highest BCUT2D eigenvalue weighted by molar-refractivity contribution is 5.54. The van der Waals surface area contributed by atoms with E-state index in [2.05, 4.69) is 10.3 Å². The Morgan fingerprint density at radius 3 is 2.78 bits per heavy atom. The minimum Gasteiger partial charge on any atom is -0.504 e. The van der Waals surface area contributed by atoms with Crippen LogP contribution in [0.3, 0.4) is 0 Å². The largest absolute Gasteiger partial charge is 0.504 e. The second-order valence-corrected chi connectivity index (χ2v) is 4.15. The maximum Gasteiger partial charge on any atom is 0.160 e. The van der Waals surface area contributed by atoms with Gasteiger partial charge in [-0.15, -0.1) is 0 Å². The SMILES string of the molecule is COc1ccc(NC(C)c2nccn2C)cc1O. The lowest BCUT2D eigenvalue weighted by Crippen LogP contribution is -2.11. The van der Waals surface area contributed by atoms with Crippen LogP contribution in [0, 0.1) is 0 Å². The van der Waals surface area contributed by atoms with Crippen LogP contribution in [-0.2, 0) is 7.05 Å². The predicted molar refractivity (Wildman–Crippen MR) is 69.9 cm³/mol. The molecule has 1 heterocycles. The molecule has 0 aliphatic heterocycles. The molecule has 0 amide bonds. The second-order valence-electron chi connectivity index (χ2n) is 4.15. The highest BCUT2D eigenvalue weighted by Crippen LogP contribution is 2.29. The van der Waals surface area contributed by atoms with Gasteiger partial charge in [0.1, 0.15) is 5.82 Å². The number of anilines is 1. The van der Waals surface area contributed by atoms with E-state index in [1.165, 1.54) is 7.11 Å². The zero-order valence-electron chi connectivity index (χ0n) is 10.7. The van der Waals surface area contributed by atoms with Crippen molar-refractivity contribution in [1.29, 1.82) is 0 Å². The Labute approximate surface area is 106 Å². The number of ether oxygens (including phenoxy) is 1. The molecule has 5 nitrogen and oxygen atoms in total. The molecular weight excluding hydrogens is 230 g/mol. The van der Waals surface area contributed by atoms with Gasteiger partial charge in [0.05, 0.1) is 13.2 Å². The molecular formula is C13H17N3O2. The van der Waals surface area contributed by atoms with Gasteiger partial charge in [0, 0.05) is 31.2 Å². The summed E-state index contributed by atoms with van der Waals surface area (Å²) >= 11 is 0. The van der Waals surface area contributed by atoms with Crippen LogP contribution in [0.2, 0.25) is 0 Å². The molecule has 0 spiro atoms. The fourth-order valence-electron chi connectivity index (χ4n) is 1.89. The molecule has 1 unspecified atom stereocenters. The highest BCUT2D eigenvalue weighted by Gasteiger charge is 2.11. The van der Waals surface area contributed by atoms with Crippen molar-refractivity contribution in [3.05, 3.63) is 36.4 Å². The average Bonchev–Trinajstić information content (AvgIpc) is 2.76. The molecule has 0 saturated carbocycles. The molecule has 2 rings (SSSR count). The number of rotatable bonds is 4. The number of nitrogens with one attached hydrogen (secondary N) is 1. The van der Waals surface area contributed by atoms with E-state index in [1.54, 1.807) is 18.3 Å². The van der Waals surface area contributed by atoms with Crippen LogP contribution in [0.25, 0.3) is 0 Å². The van der Waals surface area contributed by atoms with Gasteiger partial charge >= 0.3 is 0 Å². The molecule has 1 aromatic carbocycles. The quantitative estimate of drug-likeness (QED) is 0.870. The van der Waals surface area contributed by atoms with Crippen LogP contribution < -0.4 is 10.1 Å². The topological polar surface area (TPSA) is 59.3 Å². The monoisotopic (exact) mass is 247 g/mol. The Bertz CT molecular complexity index is 537. The molecule has 0 bridgehead atoms. The highest BCUT2D eigenvalue weighted by atomic mass is 16.5. The first-order valence-electron chi connectivity index (χ1n) is 5.72. The van der Waals surface area contributed by atoms with E-state index < -0.39 is 0 Å². The van der Waals surface area contributed by atoms with Gasteiger partial charge in [0.2, 0.25) is 0 Å². The fourth-order valence-corrected chi connectivity index (χ4v) is 1.89. The Balaban J connectivity index is 2.15. The second kappa shape index (κ2) is 5.00. The first-order valence-corrected chi connectivity index (χ1v) is 5.72. The number of aryl methyl sites for hydroxylation is 1. The van der Waals surface area contributed by atoms with Gasteiger partial charge in [0.15, 0.2) is 11.5 Å². The Hall–Kier alpha value is -2.17. The number of aromatic nitrogens is 2. The molecule has 0 aliphatic carbocycles. The van der Waals surface area contributed by atoms with Gasteiger partial charge in [-0.25, -0.2) is 4.98 Å². The normalized spacial score (nSPS) is 12.2. The molecule has 0 aliphatic rings. The molecule has 2 aromatic rings. The minimum absolute atomic E-state index is 0.0535. The lowest BCUT2D eigenvalue weighted by molar-refractivity contribution is 0.373. The average molecular weight is 247 g/mol. The van der Waals surface area contributed by atoms with Crippen molar-refractivity contribution in [2.75, 3.05) is 12.4 Å². The van der Waals surface area contributed by atoms with Crippen molar-refractivity contribution in [1.82, 2.24) is 9.55 Å². The summed E-state index contributed by atoms with van der Waals surface area (Å²) in [4.78, 5) is 4.28. The molecule has 0 fully saturated rings. The first-order chi connectivity index (χ1) is 8.61. The first kappa shape index (κ1) is 12.3. The van der Waals surface area contributed by atoms with Gasteiger partial charge in [-0.3, -0.25) is 0 Å². The van der Waals surface area contributed by atoms with Crippen LogP contribution in [0.1, 0.15) is 18.8 Å². The zero-order valence-corrected chi connectivity index (χ0v) is 10.7. The third-order valence-corrected chi connectivity index (χ3v) is 2.81. The molecule has 96 valence electrons. The maximum atomic E-state index is 9.70. The minimum atomic E-state index is 0.0535. The maximum absolute atomic E-state index is 9.70. The van der Waals surface area contributed by atoms with Gasteiger partial charge in [-0.05, 0) is 19.1 Å². The van der Waals surface area contributed by atoms with E-state index in [4.69, 9.17) is 4.74 Å². The van der Waals surface area contributed by atoms with Crippen LogP contribution >= 0.6 is 0 Å². The van der Waals surface area contributed by atoms with E-state index >= 15 is 0 Å². The molecule has 5 heteroatoms. The van der Waals surface area contributed by atoms with Crippen molar-refractivity contribution in [2.45, 2.75) is 13.0 Å². The molecule has 0 saturated heterocycles. The summed E-state index contributed by atoms with van der Waals surface area (Å²) in [7, 11) is 3.48. The molecule has 2 N–H and O–H groups in total. The number of aromatic hydroxyl groups is 1. The van der Waals surface area contributed by atoms with E-state index in [0.717, 1.165) is 11.5 Å². The zero-order chi connectivity index (χ0) is 13.1. The molecule has 1 aromatic heterocycles. The summed E-state index contributed by atoms with van der Waals surface area (Å²) in [5.74, 6) is 1.52. The Morgan fingerprint density at radius 2 is 2.22 bits per heavy atom. The fraction of sp³-hybridized carbons (Fsp3) is 0.308. The number of methoxy groups -OCH3 is 1. The molecule has 1 atom stereocenters. The van der Waals surface area contributed by atoms with Crippen molar-refractivity contribution in [3.8, 4) is 11.5 Å². The predicted octanol–water partition coefficient (Wildman–Crippen LogP) is 2.31. The molecule has 0 radical (unpaired) electrons. The van der Waals surface area contributed by atoms with Gasteiger partial charge in [0.25, 0.3) is 0 Å². The smallest absolute Gasteiger partial charge is 0.160 e. The summed E-state index contributed by atoms with van der Waals surface area (Å²) in [6, 6.07) is 5.27. The van der Waals surface area contributed by atoms with Crippen LogP contribution in [0.15, 0.2) is 30.6 Å². The number of phenols is 1. The number of hydrogen-bond acceptors (Lipinski definition) is 4. The summed E-state index contributed by atoms with van der Waals surface area (Å²) in [6.45, 7) is 2.02. The molecule has 18 heavy (non-hydrogen) atoms. The third kappa shape index (κ3) is 2.40. The summed E-state index contributed by atoms with van der Waals surface area (Å²) in [5.41, 5.74) is 0.823. The summed E-state index contributed by atoms with van der Waals surface area (Å²) in [5, 5.41) is 13.0. The number of phenolic OH excluding ortho intramolecular Hbond substituents is 1. The summed E-state index contributed by atoms with van der Waals surface area (Å²) in [6.07, 6.45) is 3.66. The number of benzene rings is 1. The Kier molecular flexibility index (Phi) is 3.41. The van der Waals surface area contributed by atoms with Crippen LogP contribution in [0.4, 0.5) is 5.69 Å². The van der Waals surface area contributed by atoms with Crippen molar-refractivity contribution >= 4 is 5.69 Å². The van der Waals surface area contributed by atoms with Crippen molar-refractivity contribution in [2.24, 2.45) is 7.05 Å². The van der Waals surface area contributed by atoms with Crippen LogP contribution in [0.5, 0.6) is 11.5 Å². The van der Waals surface area contributed by atoms with Crippen molar-refractivity contribution in [3.63, 3.8) is 0 Å². The van der Waals surface area contributed by atoms with E-state index in [9.17, 15) is 5.11 Å². The number of hydrogen-bond donors (Lipinski definition) is 2. The van der Waals surface area contributed by atoms with Crippen molar-refractivity contribution < 1.29 is 9.84 Å². The standard InChI is InChI=1S/C13H17N3O2/c1-9(13-14-6-7-16(13)2)15-10-4-5-12(18-3)11(17)8-10/h4-9,15,17H,1-3H3. The number of imidazole rings is 1. The van der Waals surface area contributed by atoms with E-state index in [0.29, 0.717) is 5.75 Å².